The summed E-state index contributed by atoms with van der Waals surface area (Å²) in [5.74, 6) is -0.181. The highest BCUT2D eigenvalue weighted by atomic mass is 127. The first kappa shape index (κ1) is 17.8. The van der Waals surface area contributed by atoms with Crippen LogP contribution in [0.25, 0.3) is 10.2 Å². The molecule has 1 aromatic heterocycles. The fraction of sp³-hybridized carbons (Fsp3) is 0.167. The van der Waals surface area contributed by atoms with Gasteiger partial charge in [0.15, 0.2) is 5.13 Å². The predicted molar refractivity (Wildman–Crippen MR) is 110 cm³/mol. The maximum absolute atomic E-state index is 12.4. The van der Waals surface area contributed by atoms with Gasteiger partial charge in [0.25, 0.3) is 5.91 Å². The molecule has 0 bridgehead atoms. The molecule has 7 heteroatoms. The first-order valence-electron chi connectivity index (χ1n) is 7.83. The quantitative estimate of drug-likeness (QED) is 0.527. The summed E-state index contributed by atoms with van der Waals surface area (Å²) in [6, 6.07) is 13.0. The average molecular weight is 465 g/mol. The maximum atomic E-state index is 12.4. The molecule has 3 aromatic rings. The van der Waals surface area contributed by atoms with E-state index in [2.05, 4.69) is 38.2 Å². The standard InChI is InChI=1S/C18H16IN3O2S/c1-2-5-16(23)22-18-21-14-9-8-11(10-15(14)25-18)20-17(24)12-6-3-4-7-13(12)19/h3-4,6-10H,2,5H2,1H3,(H,20,24)(H,21,22,23). The van der Waals surface area contributed by atoms with E-state index < -0.39 is 0 Å². The van der Waals surface area contributed by atoms with Crippen molar-refractivity contribution in [1.29, 1.82) is 0 Å². The second kappa shape index (κ2) is 7.92. The summed E-state index contributed by atoms with van der Waals surface area (Å²) < 4.78 is 1.81. The van der Waals surface area contributed by atoms with Gasteiger partial charge < -0.3 is 10.6 Å². The van der Waals surface area contributed by atoms with E-state index in [9.17, 15) is 9.59 Å². The van der Waals surface area contributed by atoms with Crippen LogP contribution in [0.1, 0.15) is 30.1 Å². The molecule has 0 unspecified atom stereocenters. The van der Waals surface area contributed by atoms with Crippen molar-refractivity contribution in [2.45, 2.75) is 19.8 Å². The van der Waals surface area contributed by atoms with Gasteiger partial charge in [-0.3, -0.25) is 9.59 Å². The van der Waals surface area contributed by atoms with Crippen LogP contribution in [0, 0.1) is 3.57 Å². The van der Waals surface area contributed by atoms with Gasteiger partial charge in [-0.05, 0) is 59.3 Å². The third kappa shape index (κ3) is 4.35. The van der Waals surface area contributed by atoms with Crippen LogP contribution in [0.3, 0.4) is 0 Å². The van der Waals surface area contributed by atoms with E-state index in [0.29, 0.717) is 22.8 Å². The monoisotopic (exact) mass is 465 g/mol. The van der Waals surface area contributed by atoms with E-state index >= 15 is 0 Å². The van der Waals surface area contributed by atoms with Crippen LogP contribution in [0.4, 0.5) is 10.8 Å². The number of carbonyl (C=O) groups is 2. The third-order valence-corrected chi connectivity index (χ3v) is 5.36. The molecule has 2 amide bonds. The van der Waals surface area contributed by atoms with Gasteiger partial charge in [-0.15, -0.1) is 0 Å². The highest BCUT2D eigenvalue weighted by Crippen LogP contribution is 2.29. The number of anilines is 2. The topological polar surface area (TPSA) is 71.1 Å². The second-order valence-corrected chi connectivity index (χ2v) is 7.63. The maximum Gasteiger partial charge on any atom is 0.256 e. The number of amides is 2. The van der Waals surface area contributed by atoms with Gasteiger partial charge in [-0.1, -0.05) is 30.4 Å². The molecule has 0 aliphatic carbocycles. The Labute approximate surface area is 163 Å². The molecule has 128 valence electrons. The first-order valence-corrected chi connectivity index (χ1v) is 9.72. The van der Waals surface area contributed by atoms with Crippen LogP contribution in [-0.2, 0) is 4.79 Å². The predicted octanol–water partition coefficient (Wildman–Crippen LogP) is 4.89. The first-order chi connectivity index (χ1) is 12.1. The summed E-state index contributed by atoms with van der Waals surface area (Å²) in [7, 11) is 0. The summed E-state index contributed by atoms with van der Waals surface area (Å²) in [5, 5.41) is 6.29. The molecule has 0 spiro atoms. The number of halogens is 1. The van der Waals surface area contributed by atoms with Crippen molar-refractivity contribution in [3.8, 4) is 0 Å². The summed E-state index contributed by atoms with van der Waals surface area (Å²) in [6.07, 6.45) is 1.28. The van der Waals surface area contributed by atoms with E-state index in [4.69, 9.17) is 0 Å². The number of thiazole rings is 1. The van der Waals surface area contributed by atoms with Crippen molar-refractivity contribution < 1.29 is 9.59 Å². The Kier molecular flexibility index (Phi) is 5.64. The Morgan fingerprint density at radius 3 is 2.72 bits per heavy atom. The van der Waals surface area contributed by atoms with E-state index in [1.165, 1.54) is 11.3 Å². The highest BCUT2D eigenvalue weighted by Gasteiger charge is 2.11. The Bertz CT molecular complexity index is 939. The lowest BCUT2D eigenvalue weighted by atomic mass is 10.2. The fourth-order valence-electron chi connectivity index (χ4n) is 2.31. The lowest BCUT2D eigenvalue weighted by molar-refractivity contribution is -0.116. The van der Waals surface area contributed by atoms with E-state index in [1.807, 2.05) is 43.3 Å². The van der Waals surface area contributed by atoms with Crippen molar-refractivity contribution in [1.82, 2.24) is 4.98 Å². The molecule has 0 atom stereocenters. The minimum absolute atomic E-state index is 0.0336. The van der Waals surface area contributed by atoms with Crippen molar-refractivity contribution in [3.63, 3.8) is 0 Å². The van der Waals surface area contributed by atoms with Crippen molar-refractivity contribution >= 4 is 66.8 Å². The minimum Gasteiger partial charge on any atom is -0.322 e. The summed E-state index contributed by atoms with van der Waals surface area (Å²) in [4.78, 5) is 28.5. The molecule has 25 heavy (non-hydrogen) atoms. The molecule has 0 aliphatic rings. The lowest BCUT2D eigenvalue weighted by Crippen LogP contribution is -2.13. The van der Waals surface area contributed by atoms with Crippen LogP contribution in [0.5, 0.6) is 0 Å². The third-order valence-electron chi connectivity index (χ3n) is 3.49. The van der Waals surface area contributed by atoms with Gasteiger partial charge in [0, 0.05) is 15.7 Å². The fourth-order valence-corrected chi connectivity index (χ4v) is 3.86. The number of fused-ring (bicyclic) bond motifs is 1. The van der Waals surface area contributed by atoms with Gasteiger partial charge in [0.2, 0.25) is 5.91 Å². The minimum atomic E-state index is -0.148. The summed E-state index contributed by atoms with van der Waals surface area (Å²) in [6.45, 7) is 1.96. The molecule has 0 radical (unpaired) electrons. The van der Waals surface area contributed by atoms with Crippen molar-refractivity contribution in [2.75, 3.05) is 10.6 Å². The number of aromatic nitrogens is 1. The number of benzene rings is 2. The Morgan fingerprint density at radius 2 is 1.96 bits per heavy atom. The molecule has 0 aliphatic heterocycles. The number of nitrogens with one attached hydrogen (secondary N) is 2. The number of hydrogen-bond donors (Lipinski definition) is 2. The summed E-state index contributed by atoms with van der Waals surface area (Å²) >= 11 is 3.54. The molecule has 0 saturated carbocycles. The molecular formula is C18H16IN3O2S. The highest BCUT2D eigenvalue weighted by molar-refractivity contribution is 14.1. The van der Waals surface area contributed by atoms with Gasteiger partial charge >= 0.3 is 0 Å². The molecular weight excluding hydrogens is 449 g/mol. The zero-order chi connectivity index (χ0) is 17.8. The van der Waals surface area contributed by atoms with Gasteiger partial charge in [-0.25, -0.2) is 4.98 Å². The number of carbonyl (C=O) groups excluding carboxylic acids is 2. The Balaban J connectivity index is 1.78. The molecule has 0 fully saturated rings. The zero-order valence-electron chi connectivity index (χ0n) is 13.5. The van der Waals surface area contributed by atoms with Crippen LogP contribution >= 0.6 is 33.9 Å². The Morgan fingerprint density at radius 1 is 1.16 bits per heavy atom. The Hall–Kier alpha value is -2.00. The van der Waals surface area contributed by atoms with Gasteiger partial charge in [-0.2, -0.15) is 0 Å². The lowest BCUT2D eigenvalue weighted by Gasteiger charge is -2.06. The average Bonchev–Trinajstić information content (AvgIpc) is 2.96. The van der Waals surface area contributed by atoms with Crippen LogP contribution in [-0.4, -0.2) is 16.8 Å². The van der Waals surface area contributed by atoms with Crippen molar-refractivity contribution in [3.05, 3.63) is 51.6 Å². The second-order valence-electron chi connectivity index (χ2n) is 5.43. The molecule has 1 heterocycles. The van der Waals surface area contributed by atoms with E-state index in [1.54, 1.807) is 6.07 Å². The largest absolute Gasteiger partial charge is 0.322 e. The normalized spacial score (nSPS) is 10.6. The summed E-state index contributed by atoms with van der Waals surface area (Å²) in [5.41, 5.74) is 2.14. The van der Waals surface area contributed by atoms with Crippen LogP contribution < -0.4 is 10.6 Å². The van der Waals surface area contributed by atoms with Gasteiger partial charge in [0.05, 0.1) is 15.8 Å². The van der Waals surface area contributed by atoms with Crippen LogP contribution in [0.15, 0.2) is 42.5 Å². The van der Waals surface area contributed by atoms with Gasteiger partial charge in [0.1, 0.15) is 0 Å². The SMILES string of the molecule is CCCC(=O)Nc1nc2ccc(NC(=O)c3ccccc3I)cc2s1. The molecule has 0 saturated heterocycles. The smallest absolute Gasteiger partial charge is 0.256 e. The molecule has 3 rings (SSSR count). The number of hydrogen-bond acceptors (Lipinski definition) is 4. The van der Waals surface area contributed by atoms with Crippen LogP contribution in [0.2, 0.25) is 0 Å². The molecule has 2 aromatic carbocycles. The number of rotatable bonds is 5. The van der Waals surface area contributed by atoms with E-state index in [-0.39, 0.29) is 11.8 Å². The van der Waals surface area contributed by atoms with Crippen molar-refractivity contribution in [2.24, 2.45) is 0 Å². The molecule has 5 nitrogen and oxygen atoms in total. The zero-order valence-corrected chi connectivity index (χ0v) is 16.5. The molecule has 2 N–H and O–H groups in total. The van der Waals surface area contributed by atoms with E-state index in [0.717, 1.165) is 20.2 Å². The number of nitrogens with zero attached hydrogens (tertiary/aromatic N) is 1.